The van der Waals surface area contributed by atoms with Crippen LogP contribution in [0, 0.1) is 5.82 Å². The van der Waals surface area contributed by atoms with Crippen molar-refractivity contribution in [2.24, 2.45) is 0 Å². The number of halogens is 1. The number of carboxylic acids is 1. The fraction of sp³-hybridized carbons (Fsp3) is 0.111. The summed E-state index contributed by atoms with van der Waals surface area (Å²) >= 11 is 0. The van der Waals surface area contributed by atoms with Gasteiger partial charge in [0.1, 0.15) is 5.82 Å². The van der Waals surface area contributed by atoms with Crippen molar-refractivity contribution in [1.82, 2.24) is 0 Å². The third kappa shape index (κ3) is 4.57. The van der Waals surface area contributed by atoms with Crippen molar-refractivity contribution in [3.8, 4) is 11.5 Å². The number of rotatable bonds is 6. The van der Waals surface area contributed by atoms with Crippen molar-refractivity contribution < 1.29 is 28.6 Å². The minimum atomic E-state index is -1.33. The zero-order valence-electron chi connectivity index (χ0n) is 13.6. The van der Waals surface area contributed by atoms with E-state index in [1.54, 1.807) is 18.2 Å². The van der Waals surface area contributed by atoms with Crippen LogP contribution in [0.15, 0.2) is 42.5 Å². The van der Waals surface area contributed by atoms with Gasteiger partial charge in [-0.3, -0.25) is 4.79 Å². The normalized spacial score (nSPS) is 10.5. The molecule has 2 aromatic rings. The molecular weight excluding hydrogens is 329 g/mol. The summed E-state index contributed by atoms with van der Waals surface area (Å²) in [5, 5.41) is 11.5. The van der Waals surface area contributed by atoms with E-state index in [9.17, 15) is 14.0 Å². The lowest BCUT2D eigenvalue weighted by molar-refractivity contribution is -0.111. The first-order chi connectivity index (χ1) is 11.9. The van der Waals surface area contributed by atoms with E-state index in [1.165, 1.54) is 32.4 Å². The number of aromatic carboxylic acids is 1. The molecular formula is C18H16FNO5. The molecule has 2 N–H and O–H groups in total. The van der Waals surface area contributed by atoms with Gasteiger partial charge in [0.15, 0.2) is 11.5 Å². The number of hydrogen-bond acceptors (Lipinski definition) is 4. The van der Waals surface area contributed by atoms with Crippen molar-refractivity contribution in [2.75, 3.05) is 19.5 Å². The van der Waals surface area contributed by atoms with Gasteiger partial charge in [0.05, 0.1) is 25.5 Å². The Balaban J connectivity index is 2.15. The van der Waals surface area contributed by atoms with Crippen LogP contribution in [-0.4, -0.2) is 31.2 Å². The molecule has 0 atom stereocenters. The van der Waals surface area contributed by atoms with E-state index in [2.05, 4.69) is 5.32 Å². The smallest absolute Gasteiger partial charge is 0.337 e. The highest BCUT2D eigenvalue weighted by Gasteiger charge is 2.12. The van der Waals surface area contributed by atoms with E-state index in [1.807, 2.05) is 0 Å². The molecule has 7 heteroatoms. The van der Waals surface area contributed by atoms with Crippen LogP contribution in [0.3, 0.4) is 0 Å². The van der Waals surface area contributed by atoms with E-state index in [0.29, 0.717) is 17.1 Å². The van der Waals surface area contributed by atoms with Gasteiger partial charge >= 0.3 is 5.97 Å². The van der Waals surface area contributed by atoms with Gasteiger partial charge in [0.2, 0.25) is 5.91 Å². The number of methoxy groups -OCH3 is 2. The van der Waals surface area contributed by atoms with Crippen LogP contribution in [0.1, 0.15) is 15.9 Å². The summed E-state index contributed by atoms with van der Waals surface area (Å²) in [4.78, 5) is 23.1. The van der Waals surface area contributed by atoms with Gasteiger partial charge in [0.25, 0.3) is 0 Å². The Labute approximate surface area is 143 Å². The molecule has 25 heavy (non-hydrogen) atoms. The highest BCUT2D eigenvalue weighted by atomic mass is 19.1. The van der Waals surface area contributed by atoms with Gasteiger partial charge in [-0.25, -0.2) is 9.18 Å². The molecule has 0 aliphatic rings. The Hall–Kier alpha value is -3.35. The van der Waals surface area contributed by atoms with Crippen molar-refractivity contribution in [3.05, 3.63) is 59.4 Å². The molecule has 0 heterocycles. The number of anilines is 1. The summed E-state index contributed by atoms with van der Waals surface area (Å²) in [5.74, 6) is -1.52. The summed E-state index contributed by atoms with van der Waals surface area (Å²) in [6.07, 6.45) is 2.76. The lowest BCUT2D eigenvalue weighted by atomic mass is 10.1. The third-order valence-electron chi connectivity index (χ3n) is 3.30. The summed E-state index contributed by atoms with van der Waals surface area (Å²) in [7, 11) is 3.02. The van der Waals surface area contributed by atoms with E-state index in [4.69, 9.17) is 14.6 Å². The standard InChI is InChI=1S/C18H16FNO5/c1-24-15-7-3-11(9-16(15)25-2)4-8-17(21)20-14-6-5-12(19)10-13(14)18(22)23/h3-10H,1-2H3,(H,20,21)(H,22,23). The van der Waals surface area contributed by atoms with Crippen molar-refractivity contribution in [1.29, 1.82) is 0 Å². The molecule has 130 valence electrons. The first-order valence-electron chi connectivity index (χ1n) is 7.18. The van der Waals surface area contributed by atoms with Gasteiger partial charge < -0.3 is 19.9 Å². The zero-order valence-corrected chi connectivity index (χ0v) is 13.6. The predicted octanol–water partition coefficient (Wildman–Crippen LogP) is 3.19. The molecule has 0 bridgehead atoms. The molecule has 0 unspecified atom stereocenters. The number of carbonyl (C=O) groups is 2. The second-order valence-corrected chi connectivity index (χ2v) is 4.93. The number of carboxylic acid groups (broad SMARTS) is 1. The van der Waals surface area contributed by atoms with Crippen LogP contribution in [0.25, 0.3) is 6.08 Å². The first-order valence-corrected chi connectivity index (χ1v) is 7.18. The molecule has 2 rings (SSSR count). The second-order valence-electron chi connectivity index (χ2n) is 4.93. The maximum atomic E-state index is 13.1. The minimum absolute atomic E-state index is 0.0101. The minimum Gasteiger partial charge on any atom is -0.493 e. The molecule has 1 amide bonds. The second kappa shape index (κ2) is 7.96. The van der Waals surface area contributed by atoms with E-state index >= 15 is 0 Å². The van der Waals surface area contributed by atoms with Crippen LogP contribution in [-0.2, 0) is 4.79 Å². The summed E-state index contributed by atoms with van der Waals surface area (Å²) in [6, 6.07) is 8.21. The van der Waals surface area contributed by atoms with E-state index < -0.39 is 17.7 Å². The van der Waals surface area contributed by atoms with Crippen molar-refractivity contribution in [3.63, 3.8) is 0 Å². The van der Waals surface area contributed by atoms with Crippen LogP contribution in [0.5, 0.6) is 11.5 Å². The lowest BCUT2D eigenvalue weighted by Gasteiger charge is -2.08. The molecule has 0 saturated heterocycles. The summed E-state index contributed by atoms with van der Waals surface area (Å²) in [6.45, 7) is 0. The average Bonchev–Trinajstić information content (AvgIpc) is 2.61. The Morgan fingerprint density at radius 2 is 1.80 bits per heavy atom. The van der Waals surface area contributed by atoms with E-state index in [0.717, 1.165) is 12.1 Å². The Bertz CT molecular complexity index is 832. The van der Waals surface area contributed by atoms with Crippen LogP contribution < -0.4 is 14.8 Å². The molecule has 6 nitrogen and oxygen atoms in total. The van der Waals surface area contributed by atoms with Crippen molar-refractivity contribution >= 4 is 23.6 Å². The molecule has 0 radical (unpaired) electrons. The quantitative estimate of drug-likeness (QED) is 0.786. The fourth-order valence-corrected chi connectivity index (χ4v) is 2.11. The maximum Gasteiger partial charge on any atom is 0.337 e. The number of benzene rings is 2. The Morgan fingerprint density at radius 3 is 2.44 bits per heavy atom. The van der Waals surface area contributed by atoms with Gasteiger partial charge in [-0.05, 0) is 42.0 Å². The number of ether oxygens (including phenoxy) is 2. The van der Waals surface area contributed by atoms with Crippen LogP contribution in [0.4, 0.5) is 10.1 Å². The van der Waals surface area contributed by atoms with Crippen molar-refractivity contribution in [2.45, 2.75) is 0 Å². The molecule has 2 aromatic carbocycles. The van der Waals surface area contributed by atoms with E-state index in [-0.39, 0.29) is 11.3 Å². The monoisotopic (exact) mass is 345 g/mol. The Kier molecular flexibility index (Phi) is 5.73. The Morgan fingerprint density at radius 1 is 1.08 bits per heavy atom. The molecule has 0 spiro atoms. The SMILES string of the molecule is COc1ccc(C=CC(=O)Nc2ccc(F)cc2C(=O)O)cc1OC. The molecule has 0 aliphatic carbocycles. The largest absolute Gasteiger partial charge is 0.493 e. The molecule has 0 saturated carbocycles. The number of nitrogens with one attached hydrogen (secondary N) is 1. The topological polar surface area (TPSA) is 84.9 Å². The van der Waals surface area contributed by atoms with Gasteiger partial charge in [0, 0.05) is 6.08 Å². The summed E-state index contributed by atoms with van der Waals surface area (Å²) < 4.78 is 23.4. The maximum absolute atomic E-state index is 13.1. The van der Waals surface area contributed by atoms with Crippen LogP contribution in [0.2, 0.25) is 0 Å². The highest BCUT2D eigenvalue weighted by Crippen LogP contribution is 2.28. The zero-order chi connectivity index (χ0) is 18.4. The average molecular weight is 345 g/mol. The fourth-order valence-electron chi connectivity index (χ4n) is 2.11. The molecule has 0 fully saturated rings. The highest BCUT2D eigenvalue weighted by molar-refractivity contribution is 6.06. The van der Waals surface area contributed by atoms with Crippen LogP contribution >= 0.6 is 0 Å². The van der Waals surface area contributed by atoms with Gasteiger partial charge in [-0.1, -0.05) is 6.07 Å². The third-order valence-corrected chi connectivity index (χ3v) is 3.30. The van der Waals surface area contributed by atoms with Gasteiger partial charge in [-0.2, -0.15) is 0 Å². The predicted molar refractivity (Wildman–Crippen MR) is 90.6 cm³/mol. The first kappa shape index (κ1) is 18.0. The number of carbonyl (C=O) groups excluding carboxylic acids is 1. The number of hydrogen-bond donors (Lipinski definition) is 2. The number of amides is 1. The lowest BCUT2D eigenvalue weighted by Crippen LogP contribution is -2.12. The molecule has 0 aromatic heterocycles. The molecule has 0 aliphatic heterocycles. The van der Waals surface area contributed by atoms with Gasteiger partial charge in [-0.15, -0.1) is 0 Å². The summed E-state index contributed by atoms with van der Waals surface area (Å²) in [5.41, 5.74) is 0.370.